The molecule has 0 amide bonds. The minimum absolute atomic E-state index is 0.418. The van der Waals surface area contributed by atoms with E-state index in [9.17, 15) is 0 Å². The molecule has 0 spiro atoms. The molecule has 0 saturated carbocycles. The summed E-state index contributed by atoms with van der Waals surface area (Å²) in [7, 11) is 0. The maximum Gasteiger partial charge on any atom is 0.00413 e. The first-order valence-corrected chi connectivity index (χ1v) is 5.69. The van der Waals surface area contributed by atoms with Gasteiger partial charge in [-0.3, -0.25) is 0 Å². The highest BCUT2D eigenvalue weighted by atomic mass is 14.6. The molecule has 0 aliphatic rings. The van der Waals surface area contributed by atoms with Gasteiger partial charge in [-0.2, -0.15) is 0 Å². The van der Waals surface area contributed by atoms with Crippen molar-refractivity contribution in [1.29, 1.82) is 0 Å². The third-order valence-corrected chi connectivity index (χ3v) is 2.91. The molecule has 0 aliphatic heterocycles. The van der Waals surface area contributed by atoms with E-state index < -0.39 is 0 Å². The molecule has 1 unspecified atom stereocenters. The van der Waals surface area contributed by atoms with Crippen molar-refractivity contribution in [3.8, 4) is 0 Å². The van der Waals surface area contributed by atoms with Crippen LogP contribution in [0.2, 0.25) is 0 Å². The fourth-order valence-electron chi connectivity index (χ4n) is 1.53. The molecule has 0 aromatic heterocycles. The van der Waals surface area contributed by atoms with Crippen LogP contribution in [0.5, 0.6) is 0 Å². The average molecular weight is 185 g/mol. The van der Waals surface area contributed by atoms with Crippen LogP contribution in [-0.2, 0) is 0 Å². The Balaban J connectivity index is 3.51. The van der Waals surface area contributed by atoms with Crippen LogP contribution in [0.1, 0.15) is 53.9 Å². The molecular formula is C12H27N. The SMILES string of the molecule is CC(C)C[C@@H](N)CCC(C)C(C)C. The summed E-state index contributed by atoms with van der Waals surface area (Å²) >= 11 is 0. The van der Waals surface area contributed by atoms with Gasteiger partial charge in [-0.1, -0.05) is 34.6 Å². The van der Waals surface area contributed by atoms with Gasteiger partial charge in [-0.05, 0) is 37.0 Å². The summed E-state index contributed by atoms with van der Waals surface area (Å²) in [6, 6.07) is 0.418. The molecule has 2 N–H and O–H groups in total. The predicted octanol–water partition coefficient (Wildman–Crippen LogP) is 3.43. The Bertz CT molecular complexity index is 118. The Kier molecular flexibility index (Phi) is 6.40. The lowest BCUT2D eigenvalue weighted by Gasteiger charge is -2.19. The van der Waals surface area contributed by atoms with Crippen LogP contribution < -0.4 is 5.73 Å². The Morgan fingerprint density at radius 1 is 0.923 bits per heavy atom. The zero-order valence-electron chi connectivity index (χ0n) is 10.0. The van der Waals surface area contributed by atoms with Crippen molar-refractivity contribution in [3.63, 3.8) is 0 Å². The van der Waals surface area contributed by atoms with Crippen LogP contribution in [0, 0.1) is 17.8 Å². The first-order chi connectivity index (χ1) is 5.93. The Morgan fingerprint density at radius 3 is 1.85 bits per heavy atom. The van der Waals surface area contributed by atoms with E-state index >= 15 is 0 Å². The quantitative estimate of drug-likeness (QED) is 0.674. The number of nitrogens with two attached hydrogens (primary N) is 1. The van der Waals surface area contributed by atoms with E-state index in [-0.39, 0.29) is 0 Å². The van der Waals surface area contributed by atoms with Crippen LogP contribution in [-0.4, -0.2) is 6.04 Å². The highest BCUT2D eigenvalue weighted by molar-refractivity contribution is 4.66. The summed E-state index contributed by atoms with van der Waals surface area (Å²) in [4.78, 5) is 0. The Morgan fingerprint density at radius 2 is 1.46 bits per heavy atom. The van der Waals surface area contributed by atoms with Crippen molar-refractivity contribution in [1.82, 2.24) is 0 Å². The van der Waals surface area contributed by atoms with Gasteiger partial charge in [0.25, 0.3) is 0 Å². The summed E-state index contributed by atoms with van der Waals surface area (Å²) in [6.45, 7) is 11.4. The van der Waals surface area contributed by atoms with Gasteiger partial charge in [-0.25, -0.2) is 0 Å². The normalized spacial score (nSPS) is 16.6. The number of hydrogen-bond donors (Lipinski definition) is 1. The maximum absolute atomic E-state index is 6.02. The van der Waals surface area contributed by atoms with E-state index in [1.165, 1.54) is 19.3 Å². The molecule has 0 heterocycles. The van der Waals surface area contributed by atoms with Gasteiger partial charge in [0.2, 0.25) is 0 Å². The highest BCUT2D eigenvalue weighted by Gasteiger charge is 2.10. The van der Waals surface area contributed by atoms with Crippen molar-refractivity contribution in [2.24, 2.45) is 23.5 Å². The topological polar surface area (TPSA) is 26.0 Å². The third-order valence-electron chi connectivity index (χ3n) is 2.91. The van der Waals surface area contributed by atoms with Crippen molar-refractivity contribution < 1.29 is 0 Å². The molecule has 0 aromatic rings. The summed E-state index contributed by atoms with van der Waals surface area (Å²) < 4.78 is 0. The third kappa shape index (κ3) is 7.06. The highest BCUT2D eigenvalue weighted by Crippen LogP contribution is 2.18. The molecule has 1 heteroatoms. The number of rotatable bonds is 6. The molecule has 0 radical (unpaired) electrons. The van der Waals surface area contributed by atoms with Crippen LogP contribution in [0.3, 0.4) is 0 Å². The molecule has 13 heavy (non-hydrogen) atoms. The van der Waals surface area contributed by atoms with Gasteiger partial charge in [0.05, 0.1) is 0 Å². The first-order valence-electron chi connectivity index (χ1n) is 5.69. The first kappa shape index (κ1) is 13.0. The lowest BCUT2D eigenvalue weighted by atomic mass is 9.90. The van der Waals surface area contributed by atoms with E-state index in [2.05, 4.69) is 34.6 Å². The van der Waals surface area contributed by atoms with Gasteiger partial charge in [0, 0.05) is 6.04 Å². The Hall–Kier alpha value is -0.0400. The zero-order chi connectivity index (χ0) is 10.4. The molecule has 80 valence electrons. The molecule has 0 rings (SSSR count). The molecule has 0 fully saturated rings. The monoisotopic (exact) mass is 185 g/mol. The molecule has 0 bridgehead atoms. The van der Waals surface area contributed by atoms with E-state index in [1.807, 2.05) is 0 Å². The second kappa shape index (κ2) is 6.42. The maximum atomic E-state index is 6.02. The number of hydrogen-bond acceptors (Lipinski definition) is 1. The standard InChI is InChI=1S/C12H27N/c1-9(2)8-12(13)7-6-11(5)10(3)4/h9-12H,6-8,13H2,1-5H3/t11?,12-/m0/s1. The van der Waals surface area contributed by atoms with Crippen molar-refractivity contribution in [3.05, 3.63) is 0 Å². The van der Waals surface area contributed by atoms with E-state index in [1.54, 1.807) is 0 Å². The molecular weight excluding hydrogens is 158 g/mol. The fourth-order valence-corrected chi connectivity index (χ4v) is 1.53. The molecule has 0 saturated heterocycles. The zero-order valence-corrected chi connectivity index (χ0v) is 10.0. The second-order valence-electron chi connectivity index (χ2n) is 5.19. The summed E-state index contributed by atoms with van der Waals surface area (Å²) in [5.74, 6) is 2.36. The Labute approximate surface area is 84.1 Å². The minimum Gasteiger partial charge on any atom is -0.328 e. The molecule has 2 atom stereocenters. The predicted molar refractivity (Wildman–Crippen MR) is 60.7 cm³/mol. The van der Waals surface area contributed by atoms with Crippen LogP contribution >= 0.6 is 0 Å². The smallest absolute Gasteiger partial charge is 0.00413 e. The van der Waals surface area contributed by atoms with E-state index in [4.69, 9.17) is 5.73 Å². The van der Waals surface area contributed by atoms with Gasteiger partial charge >= 0.3 is 0 Å². The van der Waals surface area contributed by atoms with Gasteiger partial charge in [0.15, 0.2) is 0 Å². The van der Waals surface area contributed by atoms with Crippen LogP contribution in [0.15, 0.2) is 0 Å². The lowest BCUT2D eigenvalue weighted by Crippen LogP contribution is -2.23. The summed E-state index contributed by atoms with van der Waals surface area (Å²) in [6.07, 6.45) is 3.65. The summed E-state index contributed by atoms with van der Waals surface area (Å²) in [5, 5.41) is 0. The lowest BCUT2D eigenvalue weighted by molar-refractivity contribution is 0.352. The van der Waals surface area contributed by atoms with Gasteiger partial charge < -0.3 is 5.73 Å². The van der Waals surface area contributed by atoms with Crippen LogP contribution in [0.4, 0.5) is 0 Å². The molecule has 1 nitrogen and oxygen atoms in total. The second-order valence-corrected chi connectivity index (χ2v) is 5.19. The van der Waals surface area contributed by atoms with E-state index in [0.29, 0.717) is 6.04 Å². The van der Waals surface area contributed by atoms with Crippen LogP contribution in [0.25, 0.3) is 0 Å². The fraction of sp³-hybridized carbons (Fsp3) is 1.00. The minimum atomic E-state index is 0.418. The van der Waals surface area contributed by atoms with Gasteiger partial charge in [-0.15, -0.1) is 0 Å². The summed E-state index contributed by atoms with van der Waals surface area (Å²) in [5.41, 5.74) is 6.02. The van der Waals surface area contributed by atoms with Crippen molar-refractivity contribution in [2.45, 2.75) is 59.9 Å². The van der Waals surface area contributed by atoms with E-state index in [0.717, 1.165) is 17.8 Å². The van der Waals surface area contributed by atoms with Gasteiger partial charge in [0.1, 0.15) is 0 Å². The van der Waals surface area contributed by atoms with Crippen molar-refractivity contribution in [2.75, 3.05) is 0 Å². The average Bonchev–Trinajstić information content (AvgIpc) is 1.98. The molecule has 0 aromatic carbocycles. The largest absolute Gasteiger partial charge is 0.328 e. The van der Waals surface area contributed by atoms with Crippen molar-refractivity contribution >= 4 is 0 Å². The molecule has 0 aliphatic carbocycles.